The lowest BCUT2D eigenvalue weighted by atomic mass is 10.2. The van der Waals surface area contributed by atoms with Crippen molar-refractivity contribution in [3.8, 4) is 0 Å². The molecular weight excluding hydrogens is 294 g/mol. The molecule has 2 heterocycles. The number of hydrogen-bond acceptors (Lipinski definition) is 3. The highest BCUT2D eigenvalue weighted by molar-refractivity contribution is 6.35. The van der Waals surface area contributed by atoms with Crippen LogP contribution < -0.4 is 0 Å². The first-order chi connectivity index (χ1) is 11.1. The number of carbonyl (C=O) groups is 3. The molecule has 1 N–H and O–H groups in total. The molecule has 0 bridgehead atoms. The predicted octanol–water partition coefficient (Wildman–Crippen LogP) is 1.43. The first kappa shape index (κ1) is 15.3. The largest absolute Gasteiger partial charge is 0.351 e. The Morgan fingerprint density at radius 3 is 2.43 bits per heavy atom. The third-order valence-electron chi connectivity index (χ3n) is 4.13. The molecule has 0 radical (unpaired) electrons. The topological polar surface area (TPSA) is 73.5 Å². The molecule has 23 heavy (non-hydrogen) atoms. The molecule has 1 saturated heterocycles. The minimum Gasteiger partial charge on any atom is -0.351 e. The molecule has 2 amide bonds. The van der Waals surface area contributed by atoms with E-state index in [4.69, 9.17) is 0 Å². The van der Waals surface area contributed by atoms with E-state index in [1.807, 2.05) is 30.3 Å². The molecule has 0 spiro atoms. The molecule has 0 saturated carbocycles. The van der Waals surface area contributed by atoms with Crippen LogP contribution in [0.15, 0.2) is 30.3 Å². The number of nitrogens with zero attached hydrogens (tertiary/aromatic N) is 2. The minimum atomic E-state index is -0.468. The van der Waals surface area contributed by atoms with Gasteiger partial charge in [0.2, 0.25) is 5.78 Å². The Morgan fingerprint density at radius 1 is 1.00 bits per heavy atom. The Morgan fingerprint density at radius 2 is 1.70 bits per heavy atom. The number of H-pyrrole nitrogens is 1. The molecule has 6 heteroatoms. The summed E-state index contributed by atoms with van der Waals surface area (Å²) in [4.78, 5) is 42.1. The van der Waals surface area contributed by atoms with Crippen molar-refractivity contribution in [2.75, 3.05) is 26.2 Å². The summed E-state index contributed by atoms with van der Waals surface area (Å²) < 4.78 is 0. The normalized spacial score (nSPS) is 15.5. The summed E-state index contributed by atoms with van der Waals surface area (Å²) in [5.41, 5.74) is 1.48. The molecule has 1 fully saturated rings. The lowest BCUT2D eigenvalue weighted by Crippen LogP contribution is -2.39. The number of nitrogens with one attached hydrogen (secondary N) is 1. The highest BCUT2D eigenvalue weighted by Gasteiger charge is 2.25. The molecule has 3 rings (SSSR count). The van der Waals surface area contributed by atoms with Crippen LogP contribution in [0.4, 0.5) is 0 Å². The van der Waals surface area contributed by atoms with E-state index in [1.165, 1.54) is 11.8 Å². The van der Waals surface area contributed by atoms with Crippen LogP contribution in [0.5, 0.6) is 0 Å². The molecule has 0 unspecified atom stereocenters. The van der Waals surface area contributed by atoms with Gasteiger partial charge in [0.15, 0.2) is 0 Å². The first-order valence-corrected chi connectivity index (χ1v) is 7.73. The summed E-state index contributed by atoms with van der Waals surface area (Å²) in [5, 5.41) is 0.999. The molecule has 2 aromatic rings. The lowest BCUT2D eigenvalue weighted by Gasteiger charge is -2.21. The van der Waals surface area contributed by atoms with Crippen molar-refractivity contribution in [3.05, 3.63) is 36.0 Å². The van der Waals surface area contributed by atoms with Gasteiger partial charge in [0.25, 0.3) is 11.8 Å². The van der Waals surface area contributed by atoms with Gasteiger partial charge in [-0.05, 0) is 18.6 Å². The van der Waals surface area contributed by atoms with Crippen LogP contribution in [-0.4, -0.2) is 58.6 Å². The number of aromatic amines is 1. The average molecular weight is 313 g/mol. The van der Waals surface area contributed by atoms with E-state index in [0.717, 1.165) is 10.9 Å². The highest BCUT2D eigenvalue weighted by Crippen LogP contribution is 2.17. The number of benzene rings is 1. The summed E-state index contributed by atoms with van der Waals surface area (Å²) in [6.45, 7) is 3.20. The smallest absolute Gasteiger partial charge is 0.289 e. The zero-order valence-corrected chi connectivity index (χ0v) is 13.0. The monoisotopic (exact) mass is 313 g/mol. The van der Waals surface area contributed by atoms with Gasteiger partial charge in [0, 0.05) is 44.0 Å². The number of Topliss-reactive ketones (excluding diaryl/α,β-unsaturated/α-hetero) is 1. The SMILES string of the molecule is CC(=O)C(=O)N1CCCN(C(=O)c2cc3ccccc3[nH]2)CC1. The number of ketones is 1. The molecule has 1 aromatic heterocycles. The molecule has 0 atom stereocenters. The van der Waals surface area contributed by atoms with Crippen LogP contribution in [0.25, 0.3) is 10.9 Å². The second kappa shape index (κ2) is 6.24. The summed E-state index contributed by atoms with van der Waals surface area (Å²) in [7, 11) is 0. The zero-order valence-electron chi connectivity index (χ0n) is 13.0. The maximum absolute atomic E-state index is 12.7. The molecule has 1 aliphatic heterocycles. The first-order valence-electron chi connectivity index (χ1n) is 7.73. The maximum Gasteiger partial charge on any atom is 0.289 e. The minimum absolute atomic E-state index is 0.0710. The van der Waals surface area contributed by atoms with E-state index >= 15 is 0 Å². The van der Waals surface area contributed by atoms with Gasteiger partial charge in [-0.25, -0.2) is 0 Å². The second-order valence-corrected chi connectivity index (χ2v) is 5.76. The summed E-state index contributed by atoms with van der Waals surface area (Å²) in [6.07, 6.45) is 0.672. The van der Waals surface area contributed by atoms with Crippen LogP contribution in [0.2, 0.25) is 0 Å². The molecule has 0 aliphatic carbocycles. The second-order valence-electron chi connectivity index (χ2n) is 5.76. The third kappa shape index (κ3) is 3.11. The van der Waals surface area contributed by atoms with Gasteiger partial charge >= 0.3 is 0 Å². The zero-order chi connectivity index (χ0) is 16.4. The maximum atomic E-state index is 12.7. The van der Waals surface area contributed by atoms with Gasteiger partial charge in [-0.1, -0.05) is 18.2 Å². The number of carbonyl (C=O) groups excluding carboxylic acids is 3. The predicted molar refractivity (Wildman–Crippen MR) is 86.1 cm³/mol. The Kier molecular flexibility index (Phi) is 4.14. The van der Waals surface area contributed by atoms with Crippen LogP contribution in [0.1, 0.15) is 23.8 Å². The van der Waals surface area contributed by atoms with Crippen molar-refractivity contribution >= 4 is 28.5 Å². The van der Waals surface area contributed by atoms with Crippen molar-refractivity contribution < 1.29 is 14.4 Å². The molecule has 1 aromatic carbocycles. The van der Waals surface area contributed by atoms with E-state index in [9.17, 15) is 14.4 Å². The van der Waals surface area contributed by atoms with Crippen molar-refractivity contribution in [2.45, 2.75) is 13.3 Å². The highest BCUT2D eigenvalue weighted by atomic mass is 16.2. The fraction of sp³-hybridized carbons (Fsp3) is 0.353. The summed E-state index contributed by atoms with van der Waals surface area (Å²) in [6, 6.07) is 9.59. The number of fused-ring (bicyclic) bond motifs is 1. The van der Waals surface area contributed by atoms with Crippen molar-refractivity contribution in [1.29, 1.82) is 0 Å². The van der Waals surface area contributed by atoms with Gasteiger partial charge in [-0.15, -0.1) is 0 Å². The van der Waals surface area contributed by atoms with Gasteiger partial charge in [-0.3, -0.25) is 14.4 Å². The van der Waals surface area contributed by atoms with Crippen molar-refractivity contribution in [2.24, 2.45) is 0 Å². The number of aromatic nitrogens is 1. The third-order valence-corrected chi connectivity index (χ3v) is 4.13. The summed E-state index contributed by atoms with van der Waals surface area (Å²) >= 11 is 0. The Labute approximate surface area is 134 Å². The molecule has 6 nitrogen and oxygen atoms in total. The lowest BCUT2D eigenvalue weighted by molar-refractivity contribution is -0.143. The van der Waals surface area contributed by atoms with Gasteiger partial charge in [0.1, 0.15) is 5.69 Å². The van der Waals surface area contributed by atoms with E-state index < -0.39 is 11.7 Å². The van der Waals surface area contributed by atoms with Crippen molar-refractivity contribution in [1.82, 2.24) is 14.8 Å². The standard InChI is InChI=1S/C17H19N3O3/c1-12(21)16(22)19-7-4-8-20(10-9-19)17(23)15-11-13-5-2-3-6-14(13)18-15/h2-3,5-6,11,18H,4,7-10H2,1H3. The number of rotatable bonds is 2. The van der Waals surface area contributed by atoms with Crippen LogP contribution in [0.3, 0.4) is 0 Å². The Hall–Kier alpha value is -2.63. The quantitative estimate of drug-likeness (QED) is 0.853. The van der Waals surface area contributed by atoms with E-state index in [2.05, 4.69) is 4.98 Å². The van der Waals surface area contributed by atoms with E-state index in [0.29, 0.717) is 38.3 Å². The van der Waals surface area contributed by atoms with Gasteiger partial charge in [-0.2, -0.15) is 0 Å². The molecule has 1 aliphatic rings. The number of hydrogen-bond donors (Lipinski definition) is 1. The average Bonchev–Trinajstić information content (AvgIpc) is 2.83. The molecular formula is C17H19N3O3. The number of para-hydroxylation sites is 1. The Bertz CT molecular complexity index is 732. The van der Waals surface area contributed by atoms with Crippen LogP contribution >= 0.6 is 0 Å². The summed E-state index contributed by atoms with van der Waals surface area (Å²) in [5.74, 6) is -0.997. The number of amides is 2. The van der Waals surface area contributed by atoms with E-state index in [1.54, 1.807) is 4.90 Å². The fourth-order valence-electron chi connectivity index (χ4n) is 2.91. The van der Waals surface area contributed by atoms with Gasteiger partial charge < -0.3 is 14.8 Å². The van der Waals surface area contributed by atoms with Crippen LogP contribution in [-0.2, 0) is 9.59 Å². The van der Waals surface area contributed by atoms with Crippen LogP contribution in [0, 0.1) is 0 Å². The van der Waals surface area contributed by atoms with E-state index in [-0.39, 0.29) is 5.91 Å². The molecule has 120 valence electrons. The fourth-order valence-corrected chi connectivity index (χ4v) is 2.91. The Balaban J connectivity index is 1.73. The van der Waals surface area contributed by atoms with Gasteiger partial charge in [0.05, 0.1) is 0 Å². The van der Waals surface area contributed by atoms with Crippen molar-refractivity contribution in [3.63, 3.8) is 0 Å².